The van der Waals surface area contributed by atoms with Gasteiger partial charge < -0.3 is 9.64 Å². The molecule has 0 aliphatic carbocycles. The lowest BCUT2D eigenvalue weighted by molar-refractivity contribution is -0.112. The third-order valence-corrected chi connectivity index (χ3v) is 6.77. The smallest absolute Gasteiger partial charge is 0.266 e. The number of methoxy groups -OCH3 is 1. The van der Waals surface area contributed by atoms with Crippen molar-refractivity contribution in [2.75, 3.05) is 19.1 Å². The summed E-state index contributed by atoms with van der Waals surface area (Å²) >= 11 is 5.67. The molecule has 0 atom stereocenters. The molecule has 3 aromatic carbocycles. The highest BCUT2D eigenvalue weighted by molar-refractivity contribution is 14.1. The van der Waals surface area contributed by atoms with E-state index in [0.29, 0.717) is 33.7 Å². The third kappa shape index (κ3) is 3.76. The number of amides is 1. The molecule has 0 saturated heterocycles. The van der Waals surface area contributed by atoms with E-state index in [1.165, 1.54) is 4.57 Å². The maximum Gasteiger partial charge on any atom is 0.266 e. The minimum absolute atomic E-state index is 0.152. The Morgan fingerprint density at radius 1 is 1.03 bits per heavy atom. The fourth-order valence-corrected chi connectivity index (χ4v) is 4.80. The van der Waals surface area contributed by atoms with Crippen molar-refractivity contribution in [3.63, 3.8) is 0 Å². The van der Waals surface area contributed by atoms with Crippen molar-refractivity contribution in [3.05, 3.63) is 90.4 Å². The first-order valence-electron chi connectivity index (χ1n) is 10.0. The first kappa shape index (κ1) is 21.8. The molecule has 1 aliphatic heterocycles. The predicted octanol–water partition coefficient (Wildman–Crippen LogP) is 5.28. The summed E-state index contributed by atoms with van der Waals surface area (Å²) in [5, 5.41) is 0.512. The van der Waals surface area contributed by atoms with Crippen LogP contribution in [0.4, 0.5) is 5.69 Å². The summed E-state index contributed by atoms with van der Waals surface area (Å²) in [6.07, 6.45) is 1.69. The average molecular weight is 614 g/mol. The van der Waals surface area contributed by atoms with Crippen LogP contribution >= 0.6 is 38.5 Å². The maximum atomic E-state index is 13.6. The molecular formula is C25H17BrIN3O3. The average Bonchev–Trinajstić information content (AvgIpc) is 3.04. The van der Waals surface area contributed by atoms with Gasteiger partial charge in [-0.1, -0.05) is 15.9 Å². The van der Waals surface area contributed by atoms with Crippen molar-refractivity contribution in [1.82, 2.24) is 9.55 Å². The monoisotopic (exact) mass is 613 g/mol. The van der Waals surface area contributed by atoms with Gasteiger partial charge in [0.25, 0.3) is 11.5 Å². The molecule has 164 valence electrons. The molecule has 8 heteroatoms. The van der Waals surface area contributed by atoms with Crippen molar-refractivity contribution in [1.29, 1.82) is 0 Å². The van der Waals surface area contributed by atoms with Gasteiger partial charge in [-0.2, -0.15) is 0 Å². The number of rotatable bonds is 3. The molecule has 33 heavy (non-hydrogen) atoms. The van der Waals surface area contributed by atoms with Gasteiger partial charge in [0.1, 0.15) is 11.6 Å². The topological polar surface area (TPSA) is 64.4 Å². The van der Waals surface area contributed by atoms with Gasteiger partial charge in [-0.05, 0) is 89.3 Å². The first-order chi connectivity index (χ1) is 15.9. The molecule has 0 N–H and O–H groups in total. The summed E-state index contributed by atoms with van der Waals surface area (Å²) in [6.45, 7) is 0. The Morgan fingerprint density at radius 3 is 2.52 bits per heavy atom. The predicted molar refractivity (Wildman–Crippen MR) is 142 cm³/mol. The number of hydrogen-bond donors (Lipinski definition) is 0. The van der Waals surface area contributed by atoms with Crippen molar-refractivity contribution < 1.29 is 9.53 Å². The van der Waals surface area contributed by atoms with Gasteiger partial charge in [-0.25, -0.2) is 4.98 Å². The SMILES string of the molecule is COc1ccc(-n2c(C=C3C(=O)N(C)c4ccc(Br)cc43)nc3ccc(I)cc3c2=O)cc1. The lowest BCUT2D eigenvalue weighted by Crippen LogP contribution is -2.23. The zero-order valence-electron chi connectivity index (χ0n) is 17.7. The van der Waals surface area contributed by atoms with Gasteiger partial charge in [0.15, 0.2) is 0 Å². The van der Waals surface area contributed by atoms with Crippen LogP contribution < -0.4 is 15.2 Å². The van der Waals surface area contributed by atoms with E-state index in [9.17, 15) is 9.59 Å². The van der Waals surface area contributed by atoms with Crippen LogP contribution in [0.1, 0.15) is 11.4 Å². The number of carbonyl (C=O) groups is 1. The molecule has 2 heterocycles. The Kier molecular flexibility index (Phi) is 5.57. The molecule has 0 bridgehead atoms. The number of carbonyl (C=O) groups excluding carboxylic acids is 1. The molecule has 1 aliphatic rings. The van der Waals surface area contributed by atoms with E-state index in [0.717, 1.165) is 19.3 Å². The molecule has 0 spiro atoms. The highest BCUT2D eigenvalue weighted by atomic mass is 127. The second kappa shape index (κ2) is 8.42. The van der Waals surface area contributed by atoms with Crippen LogP contribution in [-0.2, 0) is 4.79 Å². The molecule has 4 aromatic rings. The van der Waals surface area contributed by atoms with E-state index in [2.05, 4.69) is 38.5 Å². The van der Waals surface area contributed by atoms with Crippen molar-refractivity contribution in [3.8, 4) is 11.4 Å². The van der Waals surface area contributed by atoms with Crippen LogP contribution in [0.3, 0.4) is 0 Å². The maximum absolute atomic E-state index is 13.6. The van der Waals surface area contributed by atoms with Gasteiger partial charge in [-0.3, -0.25) is 14.2 Å². The molecule has 5 rings (SSSR count). The van der Waals surface area contributed by atoms with Crippen molar-refractivity contribution in [2.45, 2.75) is 0 Å². The van der Waals surface area contributed by atoms with E-state index < -0.39 is 0 Å². The fraction of sp³-hybridized carbons (Fsp3) is 0.0800. The van der Waals surface area contributed by atoms with E-state index in [4.69, 9.17) is 9.72 Å². The number of fused-ring (bicyclic) bond motifs is 2. The van der Waals surface area contributed by atoms with Crippen LogP contribution in [0, 0.1) is 3.57 Å². The Bertz CT molecular complexity index is 1530. The van der Waals surface area contributed by atoms with E-state index in [1.54, 1.807) is 49.4 Å². The van der Waals surface area contributed by atoms with Crippen LogP contribution in [0.25, 0.3) is 28.2 Å². The van der Waals surface area contributed by atoms with Crippen LogP contribution in [0.5, 0.6) is 5.75 Å². The molecule has 0 radical (unpaired) electrons. The summed E-state index contributed by atoms with van der Waals surface area (Å²) in [7, 11) is 3.33. The molecule has 0 fully saturated rings. The molecule has 1 amide bonds. The van der Waals surface area contributed by atoms with Gasteiger partial charge in [-0.15, -0.1) is 0 Å². The molecular weight excluding hydrogens is 597 g/mol. The lowest BCUT2D eigenvalue weighted by Gasteiger charge is -2.13. The standard InChI is InChI=1S/C25H17BrIN3O3/c1-29-22-10-3-14(26)11-18(22)19(24(29)31)13-23-28-21-9-4-15(27)12-20(21)25(32)30(23)16-5-7-17(33-2)8-6-16/h3-13H,1-2H3. The molecule has 0 saturated carbocycles. The van der Waals surface area contributed by atoms with Crippen LogP contribution in [-0.4, -0.2) is 29.6 Å². The number of halogens is 2. The van der Waals surface area contributed by atoms with Crippen molar-refractivity contribution >= 4 is 72.7 Å². The summed E-state index contributed by atoms with van der Waals surface area (Å²) in [4.78, 5) is 33.1. The Morgan fingerprint density at radius 2 is 1.79 bits per heavy atom. The number of likely N-dealkylation sites (N-methyl/N-ethyl adjacent to an activating group) is 1. The highest BCUT2D eigenvalue weighted by Crippen LogP contribution is 2.38. The number of anilines is 1. The summed E-state index contributed by atoms with van der Waals surface area (Å²) in [5.41, 5.74) is 3.08. The molecule has 6 nitrogen and oxygen atoms in total. The quantitative estimate of drug-likeness (QED) is 0.233. The zero-order chi connectivity index (χ0) is 23.3. The first-order valence-corrected chi connectivity index (χ1v) is 11.9. The Labute approximate surface area is 211 Å². The van der Waals surface area contributed by atoms with Gasteiger partial charge in [0, 0.05) is 20.7 Å². The van der Waals surface area contributed by atoms with Gasteiger partial charge in [0.2, 0.25) is 0 Å². The van der Waals surface area contributed by atoms with Crippen LogP contribution in [0.2, 0.25) is 0 Å². The number of hydrogen-bond acceptors (Lipinski definition) is 4. The summed E-state index contributed by atoms with van der Waals surface area (Å²) in [5.74, 6) is 0.908. The minimum Gasteiger partial charge on any atom is -0.497 e. The number of ether oxygens (including phenoxy) is 1. The van der Waals surface area contributed by atoms with Gasteiger partial charge >= 0.3 is 0 Å². The Balaban J connectivity index is 1.81. The van der Waals surface area contributed by atoms with Crippen molar-refractivity contribution in [2.24, 2.45) is 0 Å². The fourth-order valence-electron chi connectivity index (χ4n) is 3.94. The normalized spacial score (nSPS) is 14.2. The number of nitrogens with zero attached hydrogens (tertiary/aromatic N) is 3. The number of benzene rings is 3. The van der Waals surface area contributed by atoms with E-state index >= 15 is 0 Å². The van der Waals surface area contributed by atoms with E-state index in [-0.39, 0.29) is 11.5 Å². The van der Waals surface area contributed by atoms with Gasteiger partial charge in [0.05, 0.1) is 35.0 Å². The lowest BCUT2D eigenvalue weighted by atomic mass is 10.1. The van der Waals surface area contributed by atoms with E-state index in [1.807, 2.05) is 36.4 Å². The Hall–Kier alpha value is -2.98. The minimum atomic E-state index is -0.205. The zero-order valence-corrected chi connectivity index (χ0v) is 21.4. The highest BCUT2D eigenvalue weighted by Gasteiger charge is 2.30. The third-order valence-electron chi connectivity index (χ3n) is 5.61. The molecule has 1 aromatic heterocycles. The largest absolute Gasteiger partial charge is 0.497 e. The molecule has 0 unspecified atom stereocenters. The second-order valence-electron chi connectivity index (χ2n) is 7.55. The summed E-state index contributed by atoms with van der Waals surface area (Å²) < 4.78 is 8.61. The summed E-state index contributed by atoms with van der Waals surface area (Å²) in [6, 6.07) is 18.4. The second-order valence-corrected chi connectivity index (χ2v) is 9.72. The van der Waals surface area contributed by atoms with Crippen LogP contribution in [0.15, 0.2) is 69.9 Å². The number of aromatic nitrogens is 2.